The highest BCUT2D eigenvalue weighted by Gasteiger charge is 2.16. The molecule has 17 heavy (non-hydrogen) atoms. The van der Waals surface area contributed by atoms with Gasteiger partial charge in [0, 0.05) is 24.2 Å². The van der Waals surface area contributed by atoms with E-state index in [9.17, 15) is 5.11 Å². The van der Waals surface area contributed by atoms with Crippen molar-refractivity contribution in [2.45, 2.75) is 49.9 Å². The van der Waals surface area contributed by atoms with Gasteiger partial charge >= 0.3 is 0 Å². The Morgan fingerprint density at radius 1 is 1.53 bits per heavy atom. The topological polar surface area (TPSA) is 38.0 Å². The molecule has 1 unspecified atom stereocenters. The Bertz CT molecular complexity index is 334. The van der Waals surface area contributed by atoms with Crippen molar-refractivity contribution in [1.29, 1.82) is 0 Å². The Morgan fingerprint density at radius 2 is 2.29 bits per heavy atom. The van der Waals surface area contributed by atoms with Gasteiger partial charge < -0.3 is 5.11 Å². The fourth-order valence-electron chi connectivity index (χ4n) is 2.32. The maximum absolute atomic E-state index is 9.93. The third-order valence-corrected chi connectivity index (χ3v) is 4.87. The van der Waals surface area contributed by atoms with Gasteiger partial charge in [-0.05, 0) is 31.2 Å². The summed E-state index contributed by atoms with van der Waals surface area (Å²) in [4.78, 5) is 0. The number of aliphatic hydroxyl groups excluding tert-OH is 1. The first kappa shape index (κ1) is 13.0. The van der Waals surface area contributed by atoms with Crippen LogP contribution in [-0.2, 0) is 13.5 Å². The number of nitrogens with zero attached hydrogens (tertiary/aromatic N) is 2. The second kappa shape index (κ2) is 6.45. The Kier molecular flexibility index (Phi) is 4.92. The molecule has 96 valence electrons. The number of thioether (sulfide) groups is 1. The van der Waals surface area contributed by atoms with Crippen LogP contribution in [-0.4, -0.2) is 32.0 Å². The molecule has 1 N–H and O–H groups in total. The summed E-state index contributed by atoms with van der Waals surface area (Å²) in [5.74, 6) is 0.894. The van der Waals surface area contributed by atoms with E-state index in [4.69, 9.17) is 0 Å². The molecule has 0 spiro atoms. The average molecular weight is 254 g/mol. The molecule has 4 heteroatoms. The number of aliphatic hydroxyl groups is 1. The van der Waals surface area contributed by atoms with Crippen LogP contribution in [0.1, 0.15) is 37.7 Å². The number of aromatic nitrogens is 2. The molecule has 1 heterocycles. The van der Waals surface area contributed by atoms with Crippen LogP contribution in [0.15, 0.2) is 12.4 Å². The average Bonchev–Trinajstić information content (AvgIpc) is 2.95. The maximum Gasteiger partial charge on any atom is 0.0633 e. The van der Waals surface area contributed by atoms with Crippen LogP contribution >= 0.6 is 11.8 Å². The summed E-state index contributed by atoms with van der Waals surface area (Å²) in [5.41, 5.74) is 1.22. The quantitative estimate of drug-likeness (QED) is 0.847. The third kappa shape index (κ3) is 4.36. The van der Waals surface area contributed by atoms with E-state index in [0.717, 1.165) is 23.8 Å². The summed E-state index contributed by atoms with van der Waals surface area (Å²) in [5, 5.41) is 14.9. The lowest BCUT2D eigenvalue weighted by molar-refractivity contribution is 0.189. The summed E-state index contributed by atoms with van der Waals surface area (Å²) in [6.07, 6.45) is 11.0. The van der Waals surface area contributed by atoms with Gasteiger partial charge in [-0.1, -0.05) is 12.8 Å². The van der Waals surface area contributed by atoms with Gasteiger partial charge in [0.25, 0.3) is 0 Å². The Morgan fingerprint density at radius 3 is 2.94 bits per heavy atom. The van der Waals surface area contributed by atoms with Gasteiger partial charge in [0.1, 0.15) is 0 Å². The minimum atomic E-state index is -0.166. The molecule has 1 fully saturated rings. The molecular weight excluding hydrogens is 232 g/mol. The van der Waals surface area contributed by atoms with Crippen LogP contribution in [0.4, 0.5) is 0 Å². The molecular formula is C13H22N2OS. The molecule has 1 atom stereocenters. The lowest BCUT2D eigenvalue weighted by Gasteiger charge is -2.13. The third-order valence-electron chi connectivity index (χ3n) is 3.35. The first-order valence-corrected chi connectivity index (χ1v) is 7.56. The van der Waals surface area contributed by atoms with Crippen LogP contribution in [0.25, 0.3) is 0 Å². The summed E-state index contributed by atoms with van der Waals surface area (Å²) < 4.78 is 1.81. The molecule has 0 aliphatic heterocycles. The van der Waals surface area contributed by atoms with E-state index in [-0.39, 0.29) is 6.10 Å². The molecule has 1 aliphatic rings. The number of aryl methyl sites for hydroxylation is 2. The summed E-state index contributed by atoms with van der Waals surface area (Å²) in [7, 11) is 1.93. The van der Waals surface area contributed by atoms with Gasteiger partial charge in [-0.25, -0.2) is 0 Å². The van der Waals surface area contributed by atoms with Crippen molar-refractivity contribution in [1.82, 2.24) is 9.78 Å². The van der Waals surface area contributed by atoms with E-state index in [2.05, 4.69) is 5.10 Å². The minimum Gasteiger partial charge on any atom is -0.392 e. The van der Waals surface area contributed by atoms with Crippen molar-refractivity contribution in [3.63, 3.8) is 0 Å². The summed E-state index contributed by atoms with van der Waals surface area (Å²) in [6, 6.07) is 0. The highest BCUT2D eigenvalue weighted by Crippen LogP contribution is 2.30. The van der Waals surface area contributed by atoms with E-state index in [1.54, 1.807) is 0 Å². The zero-order valence-corrected chi connectivity index (χ0v) is 11.3. The van der Waals surface area contributed by atoms with Crippen molar-refractivity contribution >= 4 is 11.8 Å². The predicted octanol–water partition coefficient (Wildman–Crippen LogP) is 2.39. The van der Waals surface area contributed by atoms with Crippen LogP contribution < -0.4 is 0 Å². The van der Waals surface area contributed by atoms with Gasteiger partial charge in [-0.3, -0.25) is 4.68 Å². The SMILES string of the molecule is Cn1cc(CCC(O)CSC2CCCC2)cn1. The second-order valence-electron chi connectivity index (χ2n) is 4.95. The lowest BCUT2D eigenvalue weighted by atomic mass is 10.1. The van der Waals surface area contributed by atoms with Crippen LogP contribution in [0.2, 0.25) is 0 Å². The van der Waals surface area contributed by atoms with Crippen molar-refractivity contribution in [2.24, 2.45) is 7.05 Å². The monoisotopic (exact) mass is 254 g/mol. The summed E-state index contributed by atoms with van der Waals surface area (Å²) in [6.45, 7) is 0. The van der Waals surface area contributed by atoms with Crippen molar-refractivity contribution in [3.05, 3.63) is 18.0 Å². The lowest BCUT2D eigenvalue weighted by Crippen LogP contribution is -2.13. The van der Waals surface area contributed by atoms with E-state index in [1.807, 2.05) is 35.9 Å². The Balaban J connectivity index is 1.61. The molecule has 0 amide bonds. The van der Waals surface area contributed by atoms with E-state index < -0.39 is 0 Å². The molecule has 1 saturated carbocycles. The molecule has 2 rings (SSSR count). The molecule has 0 bridgehead atoms. The van der Waals surface area contributed by atoms with Gasteiger partial charge in [0.05, 0.1) is 12.3 Å². The molecule has 3 nitrogen and oxygen atoms in total. The smallest absolute Gasteiger partial charge is 0.0633 e. The standard InChI is InChI=1S/C13H22N2OS/c1-15-9-11(8-14-15)6-7-12(16)10-17-13-4-2-3-5-13/h8-9,12-13,16H,2-7,10H2,1H3. The van der Waals surface area contributed by atoms with E-state index >= 15 is 0 Å². The first-order valence-electron chi connectivity index (χ1n) is 6.51. The fraction of sp³-hybridized carbons (Fsp3) is 0.769. The largest absolute Gasteiger partial charge is 0.392 e. The second-order valence-corrected chi connectivity index (χ2v) is 6.29. The van der Waals surface area contributed by atoms with Crippen molar-refractivity contribution in [2.75, 3.05) is 5.75 Å². The van der Waals surface area contributed by atoms with Gasteiger partial charge in [-0.2, -0.15) is 16.9 Å². The van der Waals surface area contributed by atoms with Gasteiger partial charge in [0.2, 0.25) is 0 Å². The Labute approximate surface area is 108 Å². The molecule has 0 aromatic carbocycles. The molecule has 1 aliphatic carbocycles. The van der Waals surface area contributed by atoms with E-state index in [1.165, 1.54) is 31.2 Å². The molecule has 1 aromatic rings. The predicted molar refractivity (Wildman–Crippen MR) is 72.2 cm³/mol. The van der Waals surface area contributed by atoms with Gasteiger partial charge in [0.15, 0.2) is 0 Å². The first-order chi connectivity index (χ1) is 8.24. The fourth-order valence-corrected chi connectivity index (χ4v) is 3.65. The van der Waals surface area contributed by atoms with Crippen LogP contribution in [0.3, 0.4) is 0 Å². The van der Waals surface area contributed by atoms with E-state index in [0.29, 0.717) is 0 Å². The van der Waals surface area contributed by atoms with Gasteiger partial charge in [-0.15, -0.1) is 0 Å². The van der Waals surface area contributed by atoms with Crippen LogP contribution in [0.5, 0.6) is 0 Å². The molecule has 0 saturated heterocycles. The maximum atomic E-state index is 9.93. The van der Waals surface area contributed by atoms with Crippen molar-refractivity contribution < 1.29 is 5.11 Å². The Hall–Kier alpha value is -0.480. The zero-order valence-electron chi connectivity index (χ0n) is 10.5. The highest BCUT2D eigenvalue weighted by molar-refractivity contribution is 7.99. The summed E-state index contributed by atoms with van der Waals surface area (Å²) >= 11 is 1.96. The van der Waals surface area contributed by atoms with Crippen LogP contribution in [0, 0.1) is 0 Å². The molecule has 1 aromatic heterocycles. The minimum absolute atomic E-state index is 0.166. The number of hydrogen-bond acceptors (Lipinski definition) is 3. The zero-order chi connectivity index (χ0) is 12.1. The number of rotatable bonds is 6. The normalized spacial score (nSPS) is 18.7. The molecule has 0 radical (unpaired) electrons. The van der Waals surface area contributed by atoms with Crippen molar-refractivity contribution in [3.8, 4) is 0 Å². The number of hydrogen-bond donors (Lipinski definition) is 1. The highest BCUT2D eigenvalue weighted by atomic mass is 32.2.